The molecule has 0 bridgehead atoms. The zero-order valence-corrected chi connectivity index (χ0v) is 14.0. The van der Waals surface area contributed by atoms with Crippen molar-refractivity contribution >= 4 is 28.3 Å². The number of hydrogen-bond donors (Lipinski definition) is 0. The van der Waals surface area contributed by atoms with Crippen LogP contribution in [0.2, 0.25) is 0 Å². The molecule has 0 aliphatic carbocycles. The number of benzene rings is 1. The van der Waals surface area contributed by atoms with Crippen LogP contribution in [-0.2, 0) is 4.79 Å². The maximum Gasteiger partial charge on any atom is 0.270 e. The van der Waals surface area contributed by atoms with Crippen LogP contribution in [-0.4, -0.2) is 47.4 Å². The van der Waals surface area contributed by atoms with Gasteiger partial charge in [-0.3, -0.25) is 14.9 Å². The molecule has 8 heteroatoms. The second-order valence-corrected chi connectivity index (χ2v) is 6.18. The van der Waals surface area contributed by atoms with E-state index in [1.807, 2.05) is 4.90 Å². The van der Waals surface area contributed by atoms with Gasteiger partial charge in [0.25, 0.3) is 5.69 Å². The number of anilines is 1. The first-order valence-electron chi connectivity index (χ1n) is 7.89. The number of nitriles is 1. The minimum absolute atomic E-state index is 0.00149. The third-order valence-corrected chi connectivity index (χ3v) is 4.38. The quantitative estimate of drug-likeness (QED) is 0.626. The van der Waals surface area contributed by atoms with Gasteiger partial charge >= 0.3 is 0 Å². The molecule has 128 valence electrons. The molecule has 0 radical (unpaired) electrons. The van der Waals surface area contributed by atoms with Crippen molar-refractivity contribution in [1.82, 2.24) is 9.88 Å². The summed E-state index contributed by atoms with van der Waals surface area (Å²) in [5, 5.41) is 20.8. The van der Waals surface area contributed by atoms with E-state index in [9.17, 15) is 20.2 Å². The number of nitro benzene ring substituents is 1. The summed E-state index contributed by atoms with van der Waals surface area (Å²) in [6.07, 6.45) is 1.60. The minimum Gasteiger partial charge on any atom is -0.347 e. The predicted octanol–water partition coefficient (Wildman–Crippen LogP) is 2.07. The second kappa shape index (κ2) is 6.36. The van der Waals surface area contributed by atoms with Crippen molar-refractivity contribution in [3.05, 3.63) is 39.9 Å². The van der Waals surface area contributed by atoms with Gasteiger partial charge in [-0.15, -0.1) is 0 Å². The fraction of sp³-hybridized carbons (Fsp3) is 0.353. The predicted molar refractivity (Wildman–Crippen MR) is 92.2 cm³/mol. The molecule has 3 rings (SSSR count). The fourth-order valence-corrected chi connectivity index (χ4v) is 3.15. The van der Waals surface area contributed by atoms with Crippen LogP contribution in [0, 0.1) is 21.4 Å². The smallest absolute Gasteiger partial charge is 0.270 e. The lowest BCUT2D eigenvalue weighted by Crippen LogP contribution is -2.43. The summed E-state index contributed by atoms with van der Waals surface area (Å²) in [4.78, 5) is 30.8. The Bertz CT molecular complexity index is 903. The van der Waals surface area contributed by atoms with E-state index in [0.29, 0.717) is 28.8 Å². The summed E-state index contributed by atoms with van der Waals surface area (Å²) < 4.78 is 0. The first kappa shape index (κ1) is 16.6. The number of carbonyl (C=O) groups excluding carboxylic acids is 1. The molecule has 1 aromatic carbocycles. The summed E-state index contributed by atoms with van der Waals surface area (Å²) in [5.74, 6) is 0.553. The van der Waals surface area contributed by atoms with Gasteiger partial charge in [-0.2, -0.15) is 5.26 Å². The number of aromatic nitrogens is 1. The minimum atomic E-state index is -0.499. The number of hydrogen-bond acceptors (Lipinski definition) is 6. The van der Waals surface area contributed by atoms with E-state index in [-0.39, 0.29) is 17.6 Å². The number of rotatable bonds is 3. The highest BCUT2D eigenvalue weighted by Gasteiger charge is 2.33. The molecule has 0 unspecified atom stereocenters. The van der Waals surface area contributed by atoms with Gasteiger partial charge in [0, 0.05) is 38.2 Å². The van der Waals surface area contributed by atoms with Crippen LogP contribution < -0.4 is 4.90 Å². The van der Waals surface area contributed by atoms with E-state index in [2.05, 4.69) is 11.1 Å². The number of nitrogens with zero attached hydrogens (tertiary/aromatic N) is 5. The molecule has 1 aliphatic rings. The Hall–Kier alpha value is -3.21. The number of likely N-dealkylation sites (N-methyl/N-ethyl adjacent to an activating group) is 1. The average Bonchev–Trinajstić information content (AvgIpc) is 3.08. The lowest BCUT2D eigenvalue weighted by molar-refractivity contribution is -0.384. The van der Waals surface area contributed by atoms with Crippen molar-refractivity contribution in [2.24, 2.45) is 0 Å². The summed E-state index contributed by atoms with van der Waals surface area (Å²) in [5.41, 5.74) is 0.731. The Morgan fingerprint density at radius 2 is 2.20 bits per heavy atom. The number of pyridine rings is 1. The standard InChI is InChI=1S/C17H17N5O3/c1-20(2)17(23)15-4-3-7-21(15)16-8-11(10-18)13-9-12(22(24)25)5-6-14(13)19-16/h5-6,8-9,15H,3-4,7H2,1-2H3/t15-/m1/s1. The van der Waals surface area contributed by atoms with Gasteiger partial charge in [0.2, 0.25) is 5.91 Å². The van der Waals surface area contributed by atoms with Gasteiger partial charge in [0.05, 0.1) is 22.1 Å². The zero-order chi connectivity index (χ0) is 18.1. The van der Waals surface area contributed by atoms with Crippen LogP contribution in [0.15, 0.2) is 24.3 Å². The van der Waals surface area contributed by atoms with E-state index in [0.717, 1.165) is 12.8 Å². The van der Waals surface area contributed by atoms with Crippen LogP contribution in [0.4, 0.5) is 11.5 Å². The monoisotopic (exact) mass is 339 g/mol. The van der Waals surface area contributed by atoms with Crippen molar-refractivity contribution in [1.29, 1.82) is 5.26 Å². The van der Waals surface area contributed by atoms with Crippen molar-refractivity contribution in [2.75, 3.05) is 25.5 Å². The molecule has 1 atom stereocenters. The van der Waals surface area contributed by atoms with Crippen LogP contribution >= 0.6 is 0 Å². The first-order chi connectivity index (χ1) is 11.9. The van der Waals surface area contributed by atoms with Gasteiger partial charge in [0.1, 0.15) is 11.9 Å². The highest BCUT2D eigenvalue weighted by atomic mass is 16.6. The Labute approximate surface area is 144 Å². The molecule has 2 heterocycles. The van der Waals surface area contributed by atoms with E-state index in [1.54, 1.807) is 25.1 Å². The van der Waals surface area contributed by atoms with Crippen molar-refractivity contribution in [2.45, 2.75) is 18.9 Å². The van der Waals surface area contributed by atoms with Crippen LogP contribution in [0.1, 0.15) is 18.4 Å². The molecule has 1 saturated heterocycles. The third-order valence-electron chi connectivity index (χ3n) is 4.38. The Morgan fingerprint density at radius 1 is 1.44 bits per heavy atom. The SMILES string of the molecule is CN(C)C(=O)[C@H]1CCCN1c1cc(C#N)c2cc([N+](=O)[O-])ccc2n1. The molecular weight excluding hydrogens is 322 g/mol. The van der Waals surface area contributed by atoms with Crippen molar-refractivity contribution in [3.8, 4) is 6.07 Å². The molecule has 1 aliphatic heterocycles. The normalized spacial score (nSPS) is 16.7. The topological polar surface area (TPSA) is 103 Å². The summed E-state index contributed by atoms with van der Waals surface area (Å²) in [7, 11) is 3.43. The van der Waals surface area contributed by atoms with Gasteiger partial charge in [-0.1, -0.05) is 0 Å². The summed E-state index contributed by atoms with van der Waals surface area (Å²) in [6.45, 7) is 0.681. The summed E-state index contributed by atoms with van der Waals surface area (Å²) in [6, 6.07) is 7.65. The second-order valence-electron chi connectivity index (χ2n) is 6.18. The highest BCUT2D eigenvalue weighted by Crippen LogP contribution is 2.30. The van der Waals surface area contributed by atoms with Crippen molar-refractivity contribution < 1.29 is 9.72 Å². The number of fused-ring (bicyclic) bond motifs is 1. The van der Waals surface area contributed by atoms with E-state index >= 15 is 0 Å². The van der Waals surface area contributed by atoms with E-state index < -0.39 is 4.92 Å². The van der Waals surface area contributed by atoms with E-state index in [1.165, 1.54) is 18.2 Å². The van der Waals surface area contributed by atoms with Crippen LogP contribution in [0.3, 0.4) is 0 Å². The molecule has 0 spiro atoms. The number of carbonyl (C=O) groups is 1. The molecule has 0 saturated carbocycles. The van der Waals surface area contributed by atoms with Crippen LogP contribution in [0.25, 0.3) is 10.9 Å². The molecule has 0 N–H and O–H groups in total. The molecular formula is C17H17N5O3. The Morgan fingerprint density at radius 3 is 2.84 bits per heavy atom. The third kappa shape index (κ3) is 2.96. The number of nitro groups is 1. The maximum atomic E-state index is 12.4. The van der Waals surface area contributed by atoms with Gasteiger partial charge in [-0.05, 0) is 25.0 Å². The highest BCUT2D eigenvalue weighted by molar-refractivity contribution is 5.90. The maximum absolute atomic E-state index is 12.4. The molecule has 1 amide bonds. The molecule has 25 heavy (non-hydrogen) atoms. The van der Waals surface area contributed by atoms with Crippen molar-refractivity contribution in [3.63, 3.8) is 0 Å². The zero-order valence-electron chi connectivity index (χ0n) is 14.0. The molecule has 1 aromatic heterocycles. The summed E-state index contributed by atoms with van der Waals surface area (Å²) >= 11 is 0. The Balaban J connectivity index is 2.09. The largest absolute Gasteiger partial charge is 0.347 e. The number of non-ortho nitro benzene ring substituents is 1. The fourth-order valence-electron chi connectivity index (χ4n) is 3.15. The lowest BCUT2D eigenvalue weighted by Gasteiger charge is -2.27. The molecule has 8 nitrogen and oxygen atoms in total. The van der Waals surface area contributed by atoms with E-state index in [4.69, 9.17) is 0 Å². The van der Waals surface area contributed by atoms with Gasteiger partial charge in [-0.25, -0.2) is 4.98 Å². The number of amides is 1. The Kier molecular flexibility index (Phi) is 4.23. The van der Waals surface area contributed by atoms with Gasteiger partial charge < -0.3 is 9.80 Å². The van der Waals surface area contributed by atoms with Gasteiger partial charge in [0.15, 0.2) is 0 Å². The first-order valence-corrected chi connectivity index (χ1v) is 7.89. The molecule has 1 fully saturated rings. The van der Waals surface area contributed by atoms with Crippen LogP contribution in [0.5, 0.6) is 0 Å². The lowest BCUT2D eigenvalue weighted by atomic mass is 10.1. The average molecular weight is 339 g/mol. The molecule has 2 aromatic rings.